The zero-order valence-corrected chi connectivity index (χ0v) is 14.7. The molecule has 1 aliphatic heterocycles. The van der Waals surface area contributed by atoms with Crippen LogP contribution in [0.2, 0.25) is 0 Å². The van der Waals surface area contributed by atoms with Crippen LogP contribution in [0, 0.1) is 0 Å². The summed E-state index contributed by atoms with van der Waals surface area (Å²) in [4.78, 5) is 28.1. The van der Waals surface area contributed by atoms with Crippen LogP contribution >= 0.6 is 11.3 Å². The van der Waals surface area contributed by atoms with Gasteiger partial charge in [-0.3, -0.25) is 9.59 Å². The van der Waals surface area contributed by atoms with Gasteiger partial charge in [0.15, 0.2) is 5.76 Å². The van der Waals surface area contributed by atoms with Crippen LogP contribution in [0.3, 0.4) is 0 Å². The number of hydrogen-bond donors (Lipinski definition) is 1. The van der Waals surface area contributed by atoms with E-state index in [-0.39, 0.29) is 17.4 Å². The van der Waals surface area contributed by atoms with Gasteiger partial charge >= 0.3 is 0 Å². The lowest BCUT2D eigenvalue weighted by atomic mass is 10.2. The van der Waals surface area contributed by atoms with Crippen molar-refractivity contribution in [1.82, 2.24) is 5.32 Å². The molecule has 2 amide bonds. The normalized spacial score (nSPS) is 13.5. The Bertz CT molecular complexity index is 959. The predicted molar refractivity (Wildman–Crippen MR) is 101 cm³/mol. The van der Waals surface area contributed by atoms with Gasteiger partial charge in [-0.25, -0.2) is 0 Å². The van der Waals surface area contributed by atoms with Crippen LogP contribution in [0.25, 0.3) is 6.08 Å². The van der Waals surface area contributed by atoms with E-state index in [9.17, 15) is 9.59 Å². The van der Waals surface area contributed by atoms with E-state index in [0.29, 0.717) is 6.54 Å². The molecule has 0 fully saturated rings. The van der Waals surface area contributed by atoms with Crippen LogP contribution in [0.15, 0.2) is 70.3 Å². The first-order chi connectivity index (χ1) is 12.7. The molecule has 6 heteroatoms. The Balaban J connectivity index is 1.65. The number of nitrogens with zero attached hydrogens (tertiary/aromatic N) is 1. The topological polar surface area (TPSA) is 62.6 Å². The molecule has 26 heavy (non-hydrogen) atoms. The van der Waals surface area contributed by atoms with Gasteiger partial charge in [0.25, 0.3) is 11.8 Å². The van der Waals surface area contributed by atoms with Crippen molar-refractivity contribution in [2.24, 2.45) is 0 Å². The molecule has 0 spiro atoms. The second kappa shape index (κ2) is 7.01. The third-order valence-corrected chi connectivity index (χ3v) is 5.00. The lowest BCUT2D eigenvalue weighted by molar-refractivity contribution is -0.115. The lowest BCUT2D eigenvalue weighted by Crippen LogP contribution is -2.37. The Kier molecular flexibility index (Phi) is 4.41. The van der Waals surface area contributed by atoms with Gasteiger partial charge in [0.05, 0.1) is 6.26 Å². The summed E-state index contributed by atoms with van der Waals surface area (Å²) in [5, 5.41) is 4.63. The number of carbonyl (C=O) groups excluding carboxylic acids is 2. The highest BCUT2D eigenvalue weighted by molar-refractivity contribution is 7.10. The van der Waals surface area contributed by atoms with E-state index in [1.807, 2.05) is 41.8 Å². The van der Waals surface area contributed by atoms with E-state index in [1.165, 1.54) is 17.6 Å². The Hall–Kier alpha value is -3.12. The number of nitrogens with one attached hydrogen (secondary N) is 1. The molecule has 1 aliphatic rings. The Labute approximate surface area is 154 Å². The van der Waals surface area contributed by atoms with Crippen molar-refractivity contribution in [1.29, 1.82) is 0 Å². The van der Waals surface area contributed by atoms with Crippen LogP contribution in [0.1, 0.15) is 21.0 Å². The predicted octanol–water partition coefficient (Wildman–Crippen LogP) is 3.70. The molecule has 0 unspecified atom stereocenters. The maximum atomic E-state index is 13.2. The summed E-state index contributed by atoms with van der Waals surface area (Å²) in [5.74, 6) is -0.515. The van der Waals surface area contributed by atoms with Crippen molar-refractivity contribution in [3.63, 3.8) is 0 Å². The third kappa shape index (κ3) is 3.19. The lowest BCUT2D eigenvalue weighted by Gasteiger charge is -2.19. The number of thiophene rings is 1. The number of amides is 2. The summed E-state index contributed by atoms with van der Waals surface area (Å²) in [6.07, 6.45) is 3.94. The van der Waals surface area contributed by atoms with Crippen molar-refractivity contribution in [3.05, 3.63) is 82.1 Å². The molecule has 1 aromatic carbocycles. The maximum Gasteiger partial charge on any atom is 0.291 e. The van der Waals surface area contributed by atoms with Gasteiger partial charge in [-0.2, -0.15) is 0 Å². The van der Waals surface area contributed by atoms with E-state index in [0.717, 1.165) is 22.5 Å². The van der Waals surface area contributed by atoms with Gasteiger partial charge in [0.1, 0.15) is 5.70 Å². The molecule has 1 N–H and O–H groups in total. The SMILES string of the molecule is O=C(N/C(=C/c1cccs1)C(=O)N1CCc2ccccc21)c1ccco1. The number of rotatable bonds is 4. The summed E-state index contributed by atoms with van der Waals surface area (Å²) in [6, 6.07) is 14.8. The van der Waals surface area contributed by atoms with Crippen LogP contribution in [-0.4, -0.2) is 18.4 Å². The minimum atomic E-state index is -0.446. The summed E-state index contributed by atoms with van der Waals surface area (Å²) in [7, 11) is 0. The number of benzene rings is 1. The van der Waals surface area contributed by atoms with E-state index in [1.54, 1.807) is 23.1 Å². The third-order valence-electron chi connectivity index (χ3n) is 4.19. The smallest absolute Gasteiger partial charge is 0.291 e. The van der Waals surface area contributed by atoms with Crippen molar-refractivity contribution in [2.75, 3.05) is 11.4 Å². The highest BCUT2D eigenvalue weighted by Crippen LogP contribution is 2.29. The Morgan fingerprint density at radius 1 is 1.12 bits per heavy atom. The molecule has 0 saturated heterocycles. The van der Waals surface area contributed by atoms with Crippen molar-refractivity contribution < 1.29 is 14.0 Å². The molecule has 130 valence electrons. The van der Waals surface area contributed by atoms with E-state index < -0.39 is 5.91 Å². The summed E-state index contributed by atoms with van der Waals surface area (Å²) < 4.78 is 5.13. The molecule has 3 aromatic rings. The summed E-state index contributed by atoms with van der Waals surface area (Å²) in [5.41, 5.74) is 2.25. The van der Waals surface area contributed by atoms with Gasteiger partial charge in [-0.1, -0.05) is 24.3 Å². The zero-order valence-electron chi connectivity index (χ0n) is 13.8. The first kappa shape index (κ1) is 16.4. The van der Waals surface area contributed by atoms with Crippen molar-refractivity contribution >= 4 is 34.9 Å². The second-order valence-electron chi connectivity index (χ2n) is 5.84. The minimum absolute atomic E-state index is 0.164. The van der Waals surface area contributed by atoms with E-state index in [4.69, 9.17) is 4.42 Å². The molecule has 2 aromatic heterocycles. The molecule has 0 atom stereocenters. The van der Waals surface area contributed by atoms with Gasteiger partial charge in [-0.05, 0) is 47.7 Å². The van der Waals surface area contributed by atoms with Gasteiger partial charge in [-0.15, -0.1) is 11.3 Å². The molecule has 4 rings (SSSR count). The van der Waals surface area contributed by atoms with Gasteiger partial charge < -0.3 is 14.6 Å². The monoisotopic (exact) mass is 364 g/mol. The standard InChI is InChI=1S/C20H16N2O3S/c23-19(18-8-3-11-25-18)21-16(13-15-6-4-12-26-15)20(24)22-10-9-14-5-1-2-7-17(14)22/h1-8,11-13H,9-10H2,(H,21,23)/b16-13+. The molecule has 0 bridgehead atoms. The fraction of sp³-hybridized carbons (Fsp3) is 0.100. The quantitative estimate of drug-likeness (QED) is 0.718. The highest BCUT2D eigenvalue weighted by Gasteiger charge is 2.28. The molecule has 0 radical (unpaired) electrons. The first-order valence-electron chi connectivity index (χ1n) is 8.22. The number of carbonyl (C=O) groups is 2. The largest absolute Gasteiger partial charge is 0.459 e. The first-order valence-corrected chi connectivity index (χ1v) is 9.10. The fourth-order valence-electron chi connectivity index (χ4n) is 2.95. The van der Waals surface area contributed by atoms with Crippen LogP contribution in [0.5, 0.6) is 0 Å². The number of furan rings is 1. The molecule has 0 saturated carbocycles. The van der Waals surface area contributed by atoms with Gasteiger partial charge in [0, 0.05) is 17.1 Å². The summed E-state index contributed by atoms with van der Waals surface area (Å²) in [6.45, 7) is 0.594. The number of fused-ring (bicyclic) bond motifs is 1. The molecular weight excluding hydrogens is 348 g/mol. The van der Waals surface area contributed by atoms with Crippen LogP contribution in [-0.2, 0) is 11.2 Å². The molecule has 3 heterocycles. The fourth-order valence-corrected chi connectivity index (χ4v) is 3.61. The zero-order chi connectivity index (χ0) is 17.9. The second-order valence-corrected chi connectivity index (χ2v) is 6.82. The highest BCUT2D eigenvalue weighted by atomic mass is 32.1. The van der Waals surface area contributed by atoms with E-state index in [2.05, 4.69) is 5.32 Å². The average molecular weight is 364 g/mol. The van der Waals surface area contributed by atoms with Crippen molar-refractivity contribution in [3.8, 4) is 0 Å². The minimum Gasteiger partial charge on any atom is -0.459 e. The Morgan fingerprint density at radius 2 is 2.00 bits per heavy atom. The Morgan fingerprint density at radius 3 is 2.77 bits per heavy atom. The van der Waals surface area contributed by atoms with Gasteiger partial charge in [0.2, 0.25) is 0 Å². The molecule has 0 aliphatic carbocycles. The average Bonchev–Trinajstić information content (AvgIpc) is 3.40. The van der Waals surface area contributed by atoms with E-state index >= 15 is 0 Å². The number of hydrogen-bond acceptors (Lipinski definition) is 4. The molecular formula is C20H16N2O3S. The molecule has 5 nitrogen and oxygen atoms in total. The maximum absolute atomic E-state index is 13.2. The van der Waals surface area contributed by atoms with Crippen LogP contribution < -0.4 is 10.2 Å². The number of anilines is 1. The summed E-state index contributed by atoms with van der Waals surface area (Å²) >= 11 is 1.50. The van der Waals surface area contributed by atoms with Crippen LogP contribution in [0.4, 0.5) is 5.69 Å². The van der Waals surface area contributed by atoms with Crippen molar-refractivity contribution in [2.45, 2.75) is 6.42 Å². The number of para-hydroxylation sites is 1.